The van der Waals surface area contributed by atoms with Crippen LogP contribution in [0.1, 0.15) is 12.5 Å². The molecule has 0 aliphatic heterocycles. The average molecular weight is 196 g/mol. The van der Waals surface area contributed by atoms with Gasteiger partial charge >= 0.3 is 0 Å². The molecular formula is C11H16O3. The van der Waals surface area contributed by atoms with E-state index in [2.05, 4.69) is 6.92 Å². The van der Waals surface area contributed by atoms with E-state index in [1.807, 2.05) is 12.1 Å². The number of methoxy groups -OCH3 is 3. The molecule has 0 saturated heterocycles. The molecule has 0 fully saturated rings. The van der Waals surface area contributed by atoms with Crippen LogP contribution >= 0.6 is 0 Å². The standard InChI is InChI=1S/C11H16O3/c1-5-8-6-10(13-3)11(14-4)7-9(8)12-2/h6-7H,5H2,1-4H3. The molecule has 0 amide bonds. The normalized spacial score (nSPS) is 9.71. The predicted molar refractivity (Wildman–Crippen MR) is 55.5 cm³/mol. The molecule has 3 nitrogen and oxygen atoms in total. The monoisotopic (exact) mass is 196 g/mol. The van der Waals surface area contributed by atoms with Crippen molar-refractivity contribution in [2.75, 3.05) is 21.3 Å². The van der Waals surface area contributed by atoms with E-state index in [1.165, 1.54) is 0 Å². The highest BCUT2D eigenvalue weighted by Crippen LogP contribution is 2.34. The van der Waals surface area contributed by atoms with Crippen molar-refractivity contribution < 1.29 is 14.2 Å². The third-order valence-electron chi connectivity index (χ3n) is 2.17. The largest absolute Gasteiger partial charge is 0.496 e. The third-order valence-corrected chi connectivity index (χ3v) is 2.17. The van der Waals surface area contributed by atoms with E-state index >= 15 is 0 Å². The van der Waals surface area contributed by atoms with Gasteiger partial charge in [-0.2, -0.15) is 0 Å². The summed E-state index contributed by atoms with van der Waals surface area (Å²) in [5, 5.41) is 0. The van der Waals surface area contributed by atoms with Crippen molar-refractivity contribution in [1.29, 1.82) is 0 Å². The van der Waals surface area contributed by atoms with Gasteiger partial charge in [-0.15, -0.1) is 0 Å². The number of hydrogen-bond acceptors (Lipinski definition) is 3. The summed E-state index contributed by atoms with van der Waals surface area (Å²) in [6.45, 7) is 2.07. The van der Waals surface area contributed by atoms with Crippen LogP contribution in [-0.4, -0.2) is 21.3 Å². The molecule has 14 heavy (non-hydrogen) atoms. The predicted octanol–water partition coefficient (Wildman–Crippen LogP) is 2.27. The van der Waals surface area contributed by atoms with Crippen LogP contribution in [0, 0.1) is 0 Å². The van der Waals surface area contributed by atoms with E-state index in [0.717, 1.165) is 23.5 Å². The summed E-state index contributed by atoms with van der Waals surface area (Å²) in [4.78, 5) is 0. The van der Waals surface area contributed by atoms with Gasteiger partial charge in [0.25, 0.3) is 0 Å². The maximum Gasteiger partial charge on any atom is 0.164 e. The lowest BCUT2D eigenvalue weighted by molar-refractivity contribution is 0.347. The van der Waals surface area contributed by atoms with E-state index < -0.39 is 0 Å². The van der Waals surface area contributed by atoms with Gasteiger partial charge in [0.1, 0.15) is 5.75 Å². The van der Waals surface area contributed by atoms with E-state index in [-0.39, 0.29) is 0 Å². The van der Waals surface area contributed by atoms with Gasteiger partial charge in [0, 0.05) is 6.07 Å². The van der Waals surface area contributed by atoms with Gasteiger partial charge in [-0.1, -0.05) is 6.92 Å². The SMILES string of the molecule is CCc1cc(OC)c(OC)cc1OC. The molecule has 0 spiro atoms. The second kappa shape index (κ2) is 4.74. The highest BCUT2D eigenvalue weighted by Gasteiger charge is 2.09. The van der Waals surface area contributed by atoms with Crippen LogP contribution in [0.2, 0.25) is 0 Å². The summed E-state index contributed by atoms with van der Waals surface area (Å²) in [5.41, 5.74) is 1.12. The van der Waals surface area contributed by atoms with Crippen LogP contribution < -0.4 is 14.2 Å². The molecule has 0 aliphatic carbocycles. The van der Waals surface area contributed by atoms with Crippen molar-refractivity contribution in [3.05, 3.63) is 17.7 Å². The zero-order chi connectivity index (χ0) is 10.6. The fraction of sp³-hybridized carbons (Fsp3) is 0.455. The maximum atomic E-state index is 5.24. The second-order valence-corrected chi connectivity index (χ2v) is 2.87. The molecule has 0 atom stereocenters. The summed E-state index contributed by atoms with van der Waals surface area (Å²) >= 11 is 0. The molecule has 1 rings (SSSR count). The molecule has 1 aromatic rings. The van der Waals surface area contributed by atoms with Crippen LogP contribution in [0.4, 0.5) is 0 Å². The zero-order valence-electron chi connectivity index (χ0n) is 9.09. The highest BCUT2D eigenvalue weighted by atomic mass is 16.5. The third kappa shape index (κ3) is 1.92. The maximum absolute atomic E-state index is 5.24. The Morgan fingerprint density at radius 2 is 1.36 bits per heavy atom. The Morgan fingerprint density at radius 1 is 0.857 bits per heavy atom. The van der Waals surface area contributed by atoms with Crippen molar-refractivity contribution >= 4 is 0 Å². The van der Waals surface area contributed by atoms with Gasteiger partial charge in [-0.05, 0) is 18.1 Å². The quantitative estimate of drug-likeness (QED) is 0.739. The van der Waals surface area contributed by atoms with Crippen molar-refractivity contribution in [1.82, 2.24) is 0 Å². The lowest BCUT2D eigenvalue weighted by atomic mass is 10.1. The van der Waals surface area contributed by atoms with Gasteiger partial charge in [0.2, 0.25) is 0 Å². The molecule has 3 heteroatoms. The first kappa shape index (κ1) is 10.7. The first-order chi connectivity index (χ1) is 6.76. The molecule has 0 N–H and O–H groups in total. The highest BCUT2D eigenvalue weighted by molar-refractivity contribution is 5.50. The fourth-order valence-electron chi connectivity index (χ4n) is 1.37. The Kier molecular flexibility index (Phi) is 3.63. The van der Waals surface area contributed by atoms with E-state index in [0.29, 0.717) is 5.75 Å². The van der Waals surface area contributed by atoms with Crippen molar-refractivity contribution in [3.63, 3.8) is 0 Å². The topological polar surface area (TPSA) is 27.7 Å². The second-order valence-electron chi connectivity index (χ2n) is 2.87. The Bertz CT molecular complexity index is 249. The lowest BCUT2D eigenvalue weighted by Crippen LogP contribution is -1.96. The van der Waals surface area contributed by atoms with E-state index in [4.69, 9.17) is 14.2 Å². The Hall–Kier alpha value is -1.38. The number of benzene rings is 1. The minimum absolute atomic E-state index is 0.696. The van der Waals surface area contributed by atoms with Gasteiger partial charge in [0.05, 0.1) is 21.3 Å². The molecule has 0 unspecified atom stereocenters. The van der Waals surface area contributed by atoms with E-state index in [1.54, 1.807) is 21.3 Å². The van der Waals surface area contributed by atoms with E-state index in [9.17, 15) is 0 Å². The molecule has 0 aliphatic rings. The number of hydrogen-bond donors (Lipinski definition) is 0. The Balaban J connectivity index is 3.20. The molecule has 0 radical (unpaired) electrons. The average Bonchev–Trinajstić information content (AvgIpc) is 2.26. The van der Waals surface area contributed by atoms with Crippen LogP contribution in [0.15, 0.2) is 12.1 Å². The van der Waals surface area contributed by atoms with Crippen molar-refractivity contribution in [2.45, 2.75) is 13.3 Å². The lowest BCUT2D eigenvalue weighted by Gasteiger charge is -2.12. The molecule has 0 aromatic heterocycles. The summed E-state index contributed by atoms with van der Waals surface area (Å²) in [5.74, 6) is 2.27. The molecule has 0 saturated carbocycles. The Morgan fingerprint density at radius 3 is 1.79 bits per heavy atom. The Labute approximate surface area is 84.6 Å². The van der Waals surface area contributed by atoms with Gasteiger partial charge in [-0.25, -0.2) is 0 Å². The molecule has 0 heterocycles. The number of ether oxygens (including phenoxy) is 3. The zero-order valence-corrected chi connectivity index (χ0v) is 9.09. The summed E-state index contributed by atoms with van der Waals surface area (Å²) < 4.78 is 15.6. The fourth-order valence-corrected chi connectivity index (χ4v) is 1.37. The summed E-state index contributed by atoms with van der Waals surface area (Å²) in [7, 11) is 4.90. The van der Waals surface area contributed by atoms with Crippen LogP contribution in [-0.2, 0) is 6.42 Å². The minimum Gasteiger partial charge on any atom is -0.496 e. The van der Waals surface area contributed by atoms with Crippen molar-refractivity contribution in [3.8, 4) is 17.2 Å². The van der Waals surface area contributed by atoms with Gasteiger partial charge in [-0.3, -0.25) is 0 Å². The number of aryl methyl sites for hydroxylation is 1. The van der Waals surface area contributed by atoms with Crippen LogP contribution in [0.25, 0.3) is 0 Å². The van der Waals surface area contributed by atoms with Crippen LogP contribution in [0.5, 0.6) is 17.2 Å². The van der Waals surface area contributed by atoms with Gasteiger partial charge in [0.15, 0.2) is 11.5 Å². The minimum atomic E-state index is 0.696. The molecule has 1 aromatic carbocycles. The summed E-state index contributed by atoms with van der Waals surface area (Å²) in [6, 6.07) is 3.79. The van der Waals surface area contributed by atoms with Gasteiger partial charge < -0.3 is 14.2 Å². The molecular weight excluding hydrogens is 180 g/mol. The van der Waals surface area contributed by atoms with Crippen LogP contribution in [0.3, 0.4) is 0 Å². The van der Waals surface area contributed by atoms with Crippen molar-refractivity contribution in [2.24, 2.45) is 0 Å². The smallest absolute Gasteiger partial charge is 0.164 e. The first-order valence-corrected chi connectivity index (χ1v) is 4.55. The summed E-state index contributed by atoms with van der Waals surface area (Å²) in [6.07, 6.45) is 0.906. The number of rotatable bonds is 4. The molecule has 78 valence electrons. The molecule has 0 bridgehead atoms. The first-order valence-electron chi connectivity index (χ1n) is 4.55.